The summed E-state index contributed by atoms with van der Waals surface area (Å²) in [5.74, 6) is 1.94. The zero-order valence-electron chi connectivity index (χ0n) is 7.25. The van der Waals surface area contributed by atoms with Gasteiger partial charge in [-0.15, -0.1) is 0 Å². The summed E-state index contributed by atoms with van der Waals surface area (Å²) in [6.07, 6.45) is 3.60. The molecule has 0 amide bonds. The van der Waals surface area contributed by atoms with Gasteiger partial charge in [0.05, 0.1) is 5.57 Å². The molecule has 13 heavy (non-hydrogen) atoms. The van der Waals surface area contributed by atoms with Gasteiger partial charge >= 0.3 is 0 Å². The first-order valence-corrected chi connectivity index (χ1v) is 5.00. The van der Waals surface area contributed by atoms with E-state index in [2.05, 4.69) is 22.6 Å². The largest absolute Gasteiger partial charge is 0.233 e. The Morgan fingerprint density at radius 1 is 1.46 bits per heavy atom. The predicted octanol–water partition coefficient (Wildman–Crippen LogP) is 3.08. The summed E-state index contributed by atoms with van der Waals surface area (Å²) >= 11 is 2.20. The Bertz CT molecular complexity index is 373. The second kappa shape index (κ2) is 5.00. The molecular weight excluding hydrogens is 275 g/mol. The first-order chi connectivity index (χ1) is 6.29. The molecular formula is C11H9IO. The number of rotatable bonds is 2. The van der Waals surface area contributed by atoms with E-state index >= 15 is 0 Å². The van der Waals surface area contributed by atoms with Crippen LogP contribution in [0.3, 0.4) is 0 Å². The number of carbonyl (C=O) groups excluding carboxylic acids is 1. The van der Waals surface area contributed by atoms with Crippen LogP contribution in [0.5, 0.6) is 0 Å². The van der Waals surface area contributed by atoms with Crippen LogP contribution in [-0.2, 0) is 4.79 Å². The van der Waals surface area contributed by atoms with E-state index in [0.717, 1.165) is 9.13 Å². The van der Waals surface area contributed by atoms with Crippen LogP contribution in [-0.4, -0.2) is 5.94 Å². The molecule has 0 fully saturated rings. The molecule has 66 valence electrons. The lowest BCUT2D eigenvalue weighted by molar-refractivity contribution is 0.569. The summed E-state index contributed by atoms with van der Waals surface area (Å²) in [5.41, 5.74) is 1.55. The van der Waals surface area contributed by atoms with Crippen molar-refractivity contribution < 1.29 is 4.79 Å². The minimum atomic E-state index is 0.604. The van der Waals surface area contributed by atoms with Crippen molar-refractivity contribution in [3.8, 4) is 0 Å². The predicted molar refractivity (Wildman–Crippen MR) is 63.1 cm³/mol. The second-order valence-corrected chi connectivity index (χ2v) is 3.66. The Kier molecular flexibility index (Phi) is 3.93. The molecule has 0 aromatic heterocycles. The lowest BCUT2D eigenvalue weighted by Crippen LogP contribution is -1.85. The summed E-state index contributed by atoms with van der Waals surface area (Å²) in [5, 5.41) is 0. The Morgan fingerprint density at radius 2 is 2.15 bits per heavy atom. The maximum atomic E-state index is 10.6. The standard InChI is InChI=1S/C11H9IO/c1-2-5-9(8-13)10-6-3-4-7-11(10)12/h2-7H,1H3/b5-2+. The van der Waals surface area contributed by atoms with Gasteiger partial charge in [-0.05, 0) is 41.7 Å². The van der Waals surface area contributed by atoms with Crippen LogP contribution >= 0.6 is 22.6 Å². The highest BCUT2D eigenvalue weighted by molar-refractivity contribution is 14.1. The molecule has 1 nitrogen and oxygen atoms in total. The van der Waals surface area contributed by atoms with Gasteiger partial charge in [-0.3, -0.25) is 0 Å². The monoisotopic (exact) mass is 284 g/mol. The molecule has 0 spiro atoms. The van der Waals surface area contributed by atoms with E-state index < -0.39 is 0 Å². The summed E-state index contributed by atoms with van der Waals surface area (Å²) in [6.45, 7) is 1.88. The summed E-state index contributed by atoms with van der Waals surface area (Å²) in [7, 11) is 0. The third-order valence-corrected chi connectivity index (χ3v) is 2.55. The van der Waals surface area contributed by atoms with Gasteiger partial charge in [0.2, 0.25) is 0 Å². The molecule has 0 N–H and O–H groups in total. The third-order valence-electron chi connectivity index (χ3n) is 1.61. The van der Waals surface area contributed by atoms with Crippen molar-refractivity contribution >= 4 is 34.1 Å². The Balaban J connectivity index is 3.21. The molecule has 0 heterocycles. The zero-order chi connectivity index (χ0) is 9.68. The van der Waals surface area contributed by atoms with E-state index in [1.165, 1.54) is 0 Å². The number of hydrogen-bond acceptors (Lipinski definition) is 1. The fourth-order valence-electron chi connectivity index (χ4n) is 1.03. The van der Waals surface area contributed by atoms with Crippen LogP contribution in [0.15, 0.2) is 36.4 Å². The van der Waals surface area contributed by atoms with Gasteiger partial charge < -0.3 is 0 Å². The number of hydrogen-bond donors (Lipinski definition) is 0. The molecule has 0 saturated heterocycles. The smallest absolute Gasteiger partial charge is 0.133 e. The van der Waals surface area contributed by atoms with E-state index in [-0.39, 0.29) is 0 Å². The maximum Gasteiger partial charge on any atom is 0.133 e. The lowest BCUT2D eigenvalue weighted by atomic mass is 10.1. The Labute approximate surface area is 91.3 Å². The first kappa shape index (κ1) is 10.2. The van der Waals surface area contributed by atoms with E-state index in [4.69, 9.17) is 0 Å². The molecule has 0 bridgehead atoms. The number of allylic oxidation sites excluding steroid dienone is 3. The lowest BCUT2D eigenvalue weighted by Gasteiger charge is -2.00. The van der Waals surface area contributed by atoms with Crippen molar-refractivity contribution in [1.29, 1.82) is 0 Å². The Hall–Kier alpha value is -0.860. The van der Waals surface area contributed by atoms with Crippen LogP contribution in [0.25, 0.3) is 5.57 Å². The van der Waals surface area contributed by atoms with Crippen molar-refractivity contribution in [2.24, 2.45) is 0 Å². The second-order valence-electron chi connectivity index (χ2n) is 2.50. The van der Waals surface area contributed by atoms with Gasteiger partial charge in [0.15, 0.2) is 0 Å². The first-order valence-electron chi connectivity index (χ1n) is 3.92. The third kappa shape index (κ3) is 2.54. The van der Waals surface area contributed by atoms with Gasteiger partial charge in [0, 0.05) is 9.13 Å². The topological polar surface area (TPSA) is 17.1 Å². The summed E-state index contributed by atoms with van der Waals surface area (Å²) in [6, 6.07) is 7.75. The average molecular weight is 284 g/mol. The van der Waals surface area contributed by atoms with Crippen molar-refractivity contribution in [3.05, 3.63) is 45.6 Å². The van der Waals surface area contributed by atoms with Gasteiger partial charge in [0.25, 0.3) is 0 Å². The fraction of sp³-hybridized carbons (Fsp3) is 0.0909. The molecule has 0 atom stereocenters. The number of halogens is 1. The molecule has 1 aromatic carbocycles. The number of benzene rings is 1. The Morgan fingerprint density at radius 3 is 2.69 bits per heavy atom. The van der Waals surface area contributed by atoms with Gasteiger partial charge in [0.1, 0.15) is 5.94 Å². The highest BCUT2D eigenvalue weighted by atomic mass is 127. The highest BCUT2D eigenvalue weighted by Crippen LogP contribution is 2.19. The maximum absolute atomic E-state index is 10.6. The van der Waals surface area contributed by atoms with E-state index in [0.29, 0.717) is 5.57 Å². The SMILES string of the molecule is C/C=C/C(=C=O)c1ccccc1I. The summed E-state index contributed by atoms with van der Waals surface area (Å²) in [4.78, 5) is 10.6. The van der Waals surface area contributed by atoms with Crippen molar-refractivity contribution in [1.82, 2.24) is 0 Å². The average Bonchev–Trinajstić information content (AvgIpc) is 2.16. The minimum absolute atomic E-state index is 0.604. The van der Waals surface area contributed by atoms with Crippen LogP contribution in [0.2, 0.25) is 0 Å². The molecule has 0 aliphatic heterocycles. The van der Waals surface area contributed by atoms with E-state index in [9.17, 15) is 4.79 Å². The van der Waals surface area contributed by atoms with Crippen LogP contribution in [0, 0.1) is 3.57 Å². The quantitative estimate of drug-likeness (QED) is 0.463. The molecule has 0 aliphatic rings. The molecule has 2 heteroatoms. The molecule has 0 unspecified atom stereocenters. The fourth-order valence-corrected chi connectivity index (χ4v) is 1.70. The van der Waals surface area contributed by atoms with E-state index in [1.54, 1.807) is 6.08 Å². The molecule has 1 aromatic rings. The van der Waals surface area contributed by atoms with Crippen molar-refractivity contribution in [2.45, 2.75) is 6.92 Å². The van der Waals surface area contributed by atoms with Crippen LogP contribution in [0.4, 0.5) is 0 Å². The van der Waals surface area contributed by atoms with Gasteiger partial charge in [-0.25, -0.2) is 4.79 Å². The van der Waals surface area contributed by atoms with Gasteiger partial charge in [-0.1, -0.05) is 24.3 Å². The van der Waals surface area contributed by atoms with Crippen molar-refractivity contribution in [3.63, 3.8) is 0 Å². The zero-order valence-corrected chi connectivity index (χ0v) is 9.41. The molecule has 0 radical (unpaired) electrons. The summed E-state index contributed by atoms with van der Waals surface area (Å²) < 4.78 is 1.07. The normalized spacial score (nSPS) is 10.0. The molecule has 0 saturated carbocycles. The van der Waals surface area contributed by atoms with Crippen LogP contribution < -0.4 is 0 Å². The van der Waals surface area contributed by atoms with E-state index in [1.807, 2.05) is 43.2 Å². The highest BCUT2D eigenvalue weighted by Gasteiger charge is 2.01. The molecule has 1 rings (SSSR count). The van der Waals surface area contributed by atoms with Gasteiger partial charge in [-0.2, -0.15) is 0 Å². The molecule has 0 aliphatic carbocycles. The van der Waals surface area contributed by atoms with Crippen LogP contribution in [0.1, 0.15) is 12.5 Å². The van der Waals surface area contributed by atoms with Crippen molar-refractivity contribution in [2.75, 3.05) is 0 Å². The minimum Gasteiger partial charge on any atom is -0.233 e.